The molecule has 0 heterocycles. The third kappa shape index (κ3) is 4.61. The van der Waals surface area contributed by atoms with Crippen LogP contribution in [0.1, 0.15) is 21.5 Å². The van der Waals surface area contributed by atoms with Crippen LogP contribution in [0.5, 0.6) is 0 Å². The number of halogens is 1. The minimum Gasteiger partial charge on any atom is -0.445 e. The van der Waals surface area contributed by atoms with Gasteiger partial charge in [0.2, 0.25) is 0 Å². The zero-order valence-corrected chi connectivity index (χ0v) is 12.0. The lowest BCUT2D eigenvalue weighted by Crippen LogP contribution is -2.24. The van der Waals surface area contributed by atoms with Crippen LogP contribution in [0.15, 0.2) is 54.6 Å². The molecule has 21 heavy (non-hydrogen) atoms. The smallest absolute Gasteiger partial charge is 0.407 e. The van der Waals surface area contributed by atoms with Crippen LogP contribution in [0.4, 0.5) is 4.79 Å². The van der Waals surface area contributed by atoms with Crippen LogP contribution in [-0.2, 0) is 17.9 Å². The SMILES string of the molecule is O=C(NCc1ccccc1C(=O)Cl)OCc1ccccc1. The van der Waals surface area contributed by atoms with Gasteiger partial charge in [-0.2, -0.15) is 0 Å². The van der Waals surface area contributed by atoms with Crippen molar-refractivity contribution in [3.8, 4) is 0 Å². The van der Waals surface area contributed by atoms with E-state index in [1.807, 2.05) is 30.3 Å². The number of carbonyl (C=O) groups excluding carboxylic acids is 2. The standard InChI is InChI=1S/C16H14ClNO3/c17-15(19)14-9-5-4-8-13(14)10-18-16(20)21-11-12-6-2-1-3-7-12/h1-9H,10-11H2,(H,18,20). The molecule has 0 saturated carbocycles. The van der Waals surface area contributed by atoms with E-state index in [1.165, 1.54) is 0 Å². The summed E-state index contributed by atoms with van der Waals surface area (Å²) in [5.74, 6) is 0. The Labute approximate surface area is 127 Å². The maximum Gasteiger partial charge on any atom is 0.407 e. The molecule has 4 nitrogen and oxygen atoms in total. The summed E-state index contributed by atoms with van der Waals surface area (Å²) in [7, 11) is 0. The molecule has 0 bridgehead atoms. The predicted molar refractivity (Wildman–Crippen MR) is 80.1 cm³/mol. The Balaban J connectivity index is 1.86. The van der Waals surface area contributed by atoms with E-state index < -0.39 is 11.3 Å². The zero-order valence-electron chi connectivity index (χ0n) is 11.2. The number of hydrogen-bond donors (Lipinski definition) is 1. The van der Waals surface area contributed by atoms with Gasteiger partial charge in [-0.3, -0.25) is 4.79 Å². The van der Waals surface area contributed by atoms with Crippen molar-refractivity contribution in [2.45, 2.75) is 13.2 Å². The highest BCUT2D eigenvalue weighted by Crippen LogP contribution is 2.11. The fourth-order valence-electron chi connectivity index (χ4n) is 1.81. The topological polar surface area (TPSA) is 55.4 Å². The highest BCUT2D eigenvalue weighted by molar-refractivity contribution is 6.67. The van der Waals surface area contributed by atoms with Gasteiger partial charge in [0.25, 0.3) is 5.24 Å². The first kappa shape index (κ1) is 15.1. The first-order chi connectivity index (χ1) is 10.2. The molecule has 2 aromatic rings. The van der Waals surface area contributed by atoms with Gasteiger partial charge in [0.05, 0.1) is 0 Å². The predicted octanol–water partition coefficient (Wildman–Crippen LogP) is 3.49. The van der Waals surface area contributed by atoms with E-state index in [-0.39, 0.29) is 13.2 Å². The summed E-state index contributed by atoms with van der Waals surface area (Å²) in [5, 5.41) is 2.04. The minimum absolute atomic E-state index is 0.183. The van der Waals surface area contributed by atoms with Gasteiger partial charge in [-0.25, -0.2) is 4.79 Å². The summed E-state index contributed by atoms with van der Waals surface area (Å²) in [6.07, 6.45) is -0.546. The molecule has 2 aromatic carbocycles. The van der Waals surface area contributed by atoms with Gasteiger partial charge in [-0.15, -0.1) is 0 Å². The van der Waals surface area contributed by atoms with Gasteiger partial charge in [-0.05, 0) is 28.8 Å². The molecule has 0 aliphatic heterocycles. The van der Waals surface area contributed by atoms with Gasteiger partial charge in [0, 0.05) is 12.1 Å². The molecule has 0 atom stereocenters. The maximum absolute atomic E-state index is 11.6. The quantitative estimate of drug-likeness (QED) is 0.860. The Morgan fingerprint density at radius 3 is 2.38 bits per heavy atom. The second-order valence-corrected chi connectivity index (χ2v) is 4.69. The zero-order chi connectivity index (χ0) is 15.1. The minimum atomic E-state index is -0.551. The molecule has 0 aliphatic carbocycles. The van der Waals surface area contributed by atoms with Crippen LogP contribution >= 0.6 is 11.6 Å². The fourth-order valence-corrected chi connectivity index (χ4v) is 1.99. The molecule has 0 fully saturated rings. The molecule has 0 aromatic heterocycles. The maximum atomic E-state index is 11.6. The number of alkyl carbamates (subject to hydrolysis) is 1. The Morgan fingerprint density at radius 2 is 1.67 bits per heavy atom. The van der Waals surface area contributed by atoms with E-state index in [0.717, 1.165) is 5.56 Å². The molecule has 0 spiro atoms. The second kappa shape index (κ2) is 7.45. The lowest BCUT2D eigenvalue weighted by molar-refractivity contribution is 0.107. The van der Waals surface area contributed by atoms with Crippen molar-refractivity contribution in [3.05, 3.63) is 71.3 Å². The van der Waals surface area contributed by atoms with Gasteiger partial charge in [-0.1, -0.05) is 48.5 Å². The molecule has 0 saturated heterocycles. The van der Waals surface area contributed by atoms with Crippen molar-refractivity contribution in [3.63, 3.8) is 0 Å². The molecule has 1 N–H and O–H groups in total. The molecule has 0 aliphatic rings. The third-order valence-electron chi connectivity index (χ3n) is 2.87. The van der Waals surface area contributed by atoms with E-state index >= 15 is 0 Å². The normalized spacial score (nSPS) is 9.95. The highest BCUT2D eigenvalue weighted by Gasteiger charge is 2.09. The lowest BCUT2D eigenvalue weighted by Gasteiger charge is -2.09. The Kier molecular flexibility index (Phi) is 5.35. The van der Waals surface area contributed by atoms with E-state index in [2.05, 4.69) is 5.32 Å². The molecular formula is C16H14ClNO3. The summed E-state index contributed by atoms with van der Waals surface area (Å²) in [6, 6.07) is 16.2. The molecule has 1 amide bonds. The molecule has 5 heteroatoms. The van der Waals surface area contributed by atoms with Crippen LogP contribution in [-0.4, -0.2) is 11.3 Å². The summed E-state index contributed by atoms with van der Waals surface area (Å²) in [5.41, 5.74) is 1.93. The first-order valence-electron chi connectivity index (χ1n) is 6.39. The molecule has 0 radical (unpaired) electrons. The monoisotopic (exact) mass is 303 g/mol. The molecule has 2 rings (SSSR count). The van der Waals surface area contributed by atoms with Crippen LogP contribution in [0.2, 0.25) is 0 Å². The van der Waals surface area contributed by atoms with Crippen molar-refractivity contribution in [2.75, 3.05) is 0 Å². The first-order valence-corrected chi connectivity index (χ1v) is 6.77. The highest BCUT2D eigenvalue weighted by atomic mass is 35.5. The van der Waals surface area contributed by atoms with Crippen molar-refractivity contribution >= 4 is 22.9 Å². The molecule has 108 valence electrons. The fraction of sp³-hybridized carbons (Fsp3) is 0.125. The van der Waals surface area contributed by atoms with Gasteiger partial charge >= 0.3 is 6.09 Å². The Morgan fingerprint density at radius 1 is 1.00 bits per heavy atom. The number of carbonyl (C=O) groups is 2. The number of amides is 1. The lowest BCUT2D eigenvalue weighted by atomic mass is 10.1. The average Bonchev–Trinajstić information content (AvgIpc) is 2.52. The van der Waals surface area contributed by atoms with Crippen LogP contribution in [0, 0.1) is 0 Å². The van der Waals surface area contributed by atoms with E-state index in [4.69, 9.17) is 16.3 Å². The summed E-state index contributed by atoms with van der Waals surface area (Å²) in [4.78, 5) is 22.9. The van der Waals surface area contributed by atoms with Gasteiger partial charge in [0.1, 0.15) is 6.61 Å². The summed E-state index contributed by atoms with van der Waals surface area (Å²) >= 11 is 5.48. The Bertz CT molecular complexity index is 628. The van der Waals surface area contributed by atoms with Crippen LogP contribution < -0.4 is 5.32 Å². The molecule has 0 unspecified atom stereocenters. The van der Waals surface area contributed by atoms with E-state index in [9.17, 15) is 9.59 Å². The number of nitrogens with one attached hydrogen (secondary N) is 1. The van der Waals surface area contributed by atoms with Crippen LogP contribution in [0.25, 0.3) is 0 Å². The van der Waals surface area contributed by atoms with Crippen LogP contribution in [0.3, 0.4) is 0 Å². The number of hydrogen-bond acceptors (Lipinski definition) is 3. The molecular weight excluding hydrogens is 290 g/mol. The Hall–Kier alpha value is -2.33. The van der Waals surface area contributed by atoms with Crippen molar-refractivity contribution in [1.29, 1.82) is 0 Å². The van der Waals surface area contributed by atoms with E-state index in [0.29, 0.717) is 11.1 Å². The average molecular weight is 304 g/mol. The van der Waals surface area contributed by atoms with E-state index in [1.54, 1.807) is 24.3 Å². The third-order valence-corrected chi connectivity index (χ3v) is 3.07. The van der Waals surface area contributed by atoms with Gasteiger partial charge < -0.3 is 10.1 Å². The van der Waals surface area contributed by atoms with Crippen molar-refractivity contribution < 1.29 is 14.3 Å². The number of ether oxygens (including phenoxy) is 1. The largest absolute Gasteiger partial charge is 0.445 e. The van der Waals surface area contributed by atoms with Crippen molar-refractivity contribution in [2.24, 2.45) is 0 Å². The number of rotatable bonds is 5. The van der Waals surface area contributed by atoms with Gasteiger partial charge in [0.15, 0.2) is 0 Å². The summed E-state index contributed by atoms with van der Waals surface area (Å²) < 4.78 is 5.08. The summed E-state index contributed by atoms with van der Waals surface area (Å²) in [6.45, 7) is 0.380. The number of benzene rings is 2. The second-order valence-electron chi connectivity index (χ2n) is 4.35. The van der Waals surface area contributed by atoms with Crippen molar-refractivity contribution in [1.82, 2.24) is 5.32 Å².